The highest BCUT2D eigenvalue weighted by Gasteiger charge is 2.13. The molecule has 0 N–H and O–H groups in total. The standard InChI is InChI=1S/C32H28N2/c1-21-19-22(2)24(4)31(23(21)3)27-17-15-26(16-18-27)30-20-29(25-11-7-5-8-12-25)33-32(34-30)28-13-9-6-10-14-28/h5-20H,1-4H3. The Kier molecular flexibility index (Phi) is 5.81. The SMILES string of the molecule is Cc1cc(C)c(C)c(-c2ccc(-c3cc(-c4ccccc4)nc(-c4ccccc4)n3)cc2)c1C. The molecule has 1 heterocycles. The van der Waals surface area contributed by atoms with Crippen LogP contribution in [0.4, 0.5) is 0 Å². The summed E-state index contributed by atoms with van der Waals surface area (Å²) in [5.74, 6) is 0.738. The number of benzene rings is 4. The van der Waals surface area contributed by atoms with Gasteiger partial charge in [-0.05, 0) is 67.1 Å². The Bertz CT molecular complexity index is 1370. The van der Waals surface area contributed by atoms with Crippen LogP contribution in [0.25, 0.3) is 45.0 Å². The Balaban J connectivity index is 1.62. The zero-order valence-corrected chi connectivity index (χ0v) is 20.1. The monoisotopic (exact) mass is 440 g/mol. The Morgan fingerprint density at radius 3 is 1.41 bits per heavy atom. The summed E-state index contributed by atoms with van der Waals surface area (Å²) in [6, 6.07) is 33.6. The Morgan fingerprint density at radius 1 is 0.441 bits per heavy atom. The average molecular weight is 441 g/mol. The first-order valence-corrected chi connectivity index (χ1v) is 11.7. The van der Waals surface area contributed by atoms with Crippen LogP contribution >= 0.6 is 0 Å². The predicted octanol–water partition coefficient (Wildman–Crippen LogP) is 8.38. The molecule has 0 radical (unpaired) electrons. The second-order valence-electron chi connectivity index (χ2n) is 8.91. The van der Waals surface area contributed by atoms with Crippen molar-refractivity contribution in [3.63, 3.8) is 0 Å². The van der Waals surface area contributed by atoms with Crippen molar-refractivity contribution >= 4 is 0 Å². The Labute approximate surface area is 202 Å². The minimum absolute atomic E-state index is 0.738. The van der Waals surface area contributed by atoms with Crippen LogP contribution in [-0.4, -0.2) is 9.97 Å². The number of nitrogens with zero attached hydrogens (tertiary/aromatic N) is 2. The van der Waals surface area contributed by atoms with Gasteiger partial charge in [-0.25, -0.2) is 9.97 Å². The van der Waals surface area contributed by atoms with Gasteiger partial charge in [-0.2, -0.15) is 0 Å². The van der Waals surface area contributed by atoms with Crippen LogP contribution in [0.1, 0.15) is 22.3 Å². The van der Waals surface area contributed by atoms with Crippen molar-refractivity contribution in [2.75, 3.05) is 0 Å². The van der Waals surface area contributed by atoms with Gasteiger partial charge in [0.05, 0.1) is 11.4 Å². The third-order valence-electron chi connectivity index (χ3n) is 6.66. The first-order chi connectivity index (χ1) is 16.5. The van der Waals surface area contributed by atoms with E-state index in [1.165, 1.54) is 33.4 Å². The van der Waals surface area contributed by atoms with Gasteiger partial charge in [0.25, 0.3) is 0 Å². The lowest BCUT2D eigenvalue weighted by Crippen LogP contribution is -1.97. The van der Waals surface area contributed by atoms with Crippen LogP contribution in [0.3, 0.4) is 0 Å². The van der Waals surface area contributed by atoms with Gasteiger partial charge in [-0.3, -0.25) is 0 Å². The number of aryl methyl sites for hydroxylation is 2. The van der Waals surface area contributed by atoms with E-state index in [-0.39, 0.29) is 0 Å². The van der Waals surface area contributed by atoms with E-state index in [1.807, 2.05) is 36.4 Å². The molecule has 0 aliphatic carbocycles. The maximum Gasteiger partial charge on any atom is 0.160 e. The van der Waals surface area contributed by atoms with Gasteiger partial charge in [-0.15, -0.1) is 0 Å². The first-order valence-electron chi connectivity index (χ1n) is 11.7. The van der Waals surface area contributed by atoms with E-state index in [2.05, 4.69) is 88.4 Å². The molecule has 5 aromatic rings. The zero-order chi connectivity index (χ0) is 23.7. The van der Waals surface area contributed by atoms with Gasteiger partial charge >= 0.3 is 0 Å². The Hall–Kier alpha value is -4.04. The number of rotatable bonds is 4. The highest BCUT2D eigenvalue weighted by atomic mass is 14.9. The summed E-state index contributed by atoms with van der Waals surface area (Å²) in [6.07, 6.45) is 0. The third-order valence-corrected chi connectivity index (χ3v) is 6.66. The fourth-order valence-electron chi connectivity index (χ4n) is 4.53. The molecule has 2 nitrogen and oxygen atoms in total. The normalized spacial score (nSPS) is 10.9. The summed E-state index contributed by atoms with van der Waals surface area (Å²) < 4.78 is 0. The van der Waals surface area contributed by atoms with Gasteiger partial charge in [-0.1, -0.05) is 91.0 Å². The van der Waals surface area contributed by atoms with Gasteiger partial charge in [0.1, 0.15) is 0 Å². The maximum absolute atomic E-state index is 4.95. The van der Waals surface area contributed by atoms with Crippen molar-refractivity contribution < 1.29 is 0 Å². The Morgan fingerprint density at radius 2 is 0.882 bits per heavy atom. The summed E-state index contributed by atoms with van der Waals surface area (Å²) in [5, 5.41) is 0. The first kappa shape index (κ1) is 21.8. The van der Waals surface area contributed by atoms with Crippen LogP contribution < -0.4 is 0 Å². The molecule has 5 rings (SSSR count). The third kappa shape index (κ3) is 4.15. The lowest BCUT2D eigenvalue weighted by Gasteiger charge is -2.16. The molecule has 0 spiro atoms. The molecule has 2 heteroatoms. The second kappa shape index (κ2) is 9.07. The average Bonchev–Trinajstić information content (AvgIpc) is 2.89. The lowest BCUT2D eigenvalue weighted by atomic mass is 9.89. The van der Waals surface area contributed by atoms with Crippen LogP contribution in [0.5, 0.6) is 0 Å². The number of aromatic nitrogens is 2. The molecule has 34 heavy (non-hydrogen) atoms. The zero-order valence-electron chi connectivity index (χ0n) is 20.1. The van der Waals surface area contributed by atoms with E-state index in [0.717, 1.165) is 33.9 Å². The largest absolute Gasteiger partial charge is 0.228 e. The van der Waals surface area contributed by atoms with Gasteiger partial charge in [0.2, 0.25) is 0 Å². The van der Waals surface area contributed by atoms with Crippen molar-refractivity contribution in [3.8, 4) is 45.0 Å². The molecule has 0 fully saturated rings. The molecular formula is C32H28N2. The molecule has 0 bridgehead atoms. The minimum Gasteiger partial charge on any atom is -0.228 e. The van der Waals surface area contributed by atoms with Gasteiger partial charge in [0, 0.05) is 16.7 Å². The fourth-order valence-corrected chi connectivity index (χ4v) is 4.53. The smallest absolute Gasteiger partial charge is 0.160 e. The van der Waals surface area contributed by atoms with Gasteiger partial charge in [0.15, 0.2) is 5.82 Å². The van der Waals surface area contributed by atoms with Crippen LogP contribution in [0, 0.1) is 27.7 Å². The van der Waals surface area contributed by atoms with E-state index >= 15 is 0 Å². The van der Waals surface area contributed by atoms with Crippen LogP contribution in [-0.2, 0) is 0 Å². The molecule has 166 valence electrons. The van der Waals surface area contributed by atoms with E-state index in [4.69, 9.17) is 9.97 Å². The highest BCUT2D eigenvalue weighted by Crippen LogP contribution is 2.33. The lowest BCUT2D eigenvalue weighted by molar-refractivity contribution is 1.18. The molecule has 0 aliphatic heterocycles. The fraction of sp³-hybridized carbons (Fsp3) is 0.125. The van der Waals surface area contributed by atoms with Crippen LogP contribution in [0.15, 0.2) is 97.1 Å². The highest BCUT2D eigenvalue weighted by molar-refractivity contribution is 5.77. The topological polar surface area (TPSA) is 25.8 Å². The molecule has 0 aliphatic rings. The molecule has 0 saturated heterocycles. The quantitative estimate of drug-likeness (QED) is 0.280. The summed E-state index contributed by atoms with van der Waals surface area (Å²) in [4.78, 5) is 9.85. The molecule has 1 aromatic heterocycles. The summed E-state index contributed by atoms with van der Waals surface area (Å²) in [7, 11) is 0. The molecule has 0 saturated carbocycles. The number of hydrogen-bond donors (Lipinski definition) is 0. The molecular weight excluding hydrogens is 412 g/mol. The minimum atomic E-state index is 0.738. The molecule has 0 unspecified atom stereocenters. The van der Waals surface area contributed by atoms with Gasteiger partial charge < -0.3 is 0 Å². The molecule has 4 aromatic carbocycles. The molecule has 0 atom stereocenters. The summed E-state index contributed by atoms with van der Waals surface area (Å²) >= 11 is 0. The maximum atomic E-state index is 4.95. The van der Waals surface area contributed by atoms with Crippen molar-refractivity contribution in [2.45, 2.75) is 27.7 Å². The summed E-state index contributed by atoms with van der Waals surface area (Å²) in [5.41, 5.74) is 13.0. The number of hydrogen-bond acceptors (Lipinski definition) is 2. The summed E-state index contributed by atoms with van der Waals surface area (Å²) in [6.45, 7) is 8.81. The van der Waals surface area contributed by atoms with Crippen molar-refractivity contribution in [3.05, 3.63) is 119 Å². The predicted molar refractivity (Wildman–Crippen MR) is 143 cm³/mol. The molecule has 0 amide bonds. The van der Waals surface area contributed by atoms with Crippen LogP contribution in [0.2, 0.25) is 0 Å². The van der Waals surface area contributed by atoms with E-state index in [1.54, 1.807) is 0 Å². The van der Waals surface area contributed by atoms with Crippen molar-refractivity contribution in [1.82, 2.24) is 9.97 Å². The van der Waals surface area contributed by atoms with E-state index in [9.17, 15) is 0 Å². The van der Waals surface area contributed by atoms with Crippen molar-refractivity contribution in [1.29, 1.82) is 0 Å². The van der Waals surface area contributed by atoms with E-state index < -0.39 is 0 Å². The second-order valence-corrected chi connectivity index (χ2v) is 8.91. The van der Waals surface area contributed by atoms with E-state index in [0.29, 0.717) is 0 Å². The van der Waals surface area contributed by atoms with Crippen molar-refractivity contribution in [2.24, 2.45) is 0 Å².